The molecular weight excluding hydrogens is 489 g/mol. The summed E-state index contributed by atoms with van der Waals surface area (Å²) in [5, 5.41) is 3.28. The highest BCUT2D eigenvalue weighted by molar-refractivity contribution is 7.92. The summed E-state index contributed by atoms with van der Waals surface area (Å²) in [7, 11) is -3.74. The first-order valence-electron chi connectivity index (χ1n) is 11.4. The van der Waals surface area contributed by atoms with Crippen LogP contribution in [0.5, 0.6) is 0 Å². The van der Waals surface area contributed by atoms with Gasteiger partial charge in [0.15, 0.2) is 0 Å². The lowest BCUT2D eigenvalue weighted by Gasteiger charge is -2.31. The highest BCUT2D eigenvalue weighted by Gasteiger charge is 2.26. The highest BCUT2D eigenvalue weighted by atomic mass is 35.5. The average Bonchev–Trinajstić information content (AvgIpc) is 2.82. The lowest BCUT2D eigenvalue weighted by Crippen LogP contribution is -2.38. The van der Waals surface area contributed by atoms with Crippen molar-refractivity contribution in [3.05, 3.63) is 88.7 Å². The molecule has 0 spiro atoms. The molecule has 0 radical (unpaired) electrons. The van der Waals surface area contributed by atoms with Crippen molar-refractivity contribution >= 4 is 38.9 Å². The Labute approximate surface area is 210 Å². The van der Waals surface area contributed by atoms with Crippen LogP contribution in [0.4, 0.5) is 15.8 Å². The van der Waals surface area contributed by atoms with Crippen LogP contribution in [-0.2, 0) is 21.4 Å². The van der Waals surface area contributed by atoms with Gasteiger partial charge in [-0.25, -0.2) is 12.8 Å². The Bertz CT molecular complexity index is 1290. The number of likely N-dealkylation sites (tertiary alicyclic amines) is 1. The molecule has 1 saturated heterocycles. The Kier molecular flexibility index (Phi) is 7.74. The van der Waals surface area contributed by atoms with Crippen LogP contribution < -0.4 is 10.0 Å². The van der Waals surface area contributed by atoms with Gasteiger partial charge in [0.25, 0.3) is 10.0 Å². The zero-order chi connectivity index (χ0) is 25.0. The zero-order valence-electron chi connectivity index (χ0n) is 19.3. The van der Waals surface area contributed by atoms with Crippen LogP contribution in [0.25, 0.3) is 0 Å². The van der Waals surface area contributed by atoms with Gasteiger partial charge in [0.2, 0.25) is 5.91 Å². The molecule has 3 aromatic carbocycles. The number of carbonyl (C=O) groups is 1. The predicted octanol–water partition coefficient (Wildman–Crippen LogP) is 5.44. The van der Waals surface area contributed by atoms with E-state index in [1.165, 1.54) is 18.2 Å². The summed E-state index contributed by atoms with van der Waals surface area (Å²) in [5.41, 5.74) is 2.45. The fraction of sp³-hybridized carbons (Fsp3) is 0.269. The SMILES string of the molecule is Cc1cccc(NS(=O)(=O)c2ccc(NC(=O)C3CCN(Cc4c(F)cccc4Cl)CC3)cc2)c1. The van der Waals surface area contributed by atoms with E-state index in [1.54, 1.807) is 42.5 Å². The number of amides is 1. The number of halogens is 2. The summed E-state index contributed by atoms with van der Waals surface area (Å²) in [6, 6.07) is 17.9. The van der Waals surface area contributed by atoms with E-state index in [1.807, 2.05) is 13.0 Å². The van der Waals surface area contributed by atoms with Crippen LogP contribution in [0.15, 0.2) is 71.6 Å². The number of hydrogen-bond donors (Lipinski definition) is 2. The summed E-state index contributed by atoms with van der Waals surface area (Å²) < 4.78 is 42.0. The maximum atomic E-state index is 14.1. The monoisotopic (exact) mass is 515 g/mol. The van der Waals surface area contributed by atoms with Crippen molar-refractivity contribution in [2.75, 3.05) is 23.1 Å². The van der Waals surface area contributed by atoms with E-state index in [-0.39, 0.29) is 22.5 Å². The standard InChI is InChI=1S/C26H27ClFN3O3S/c1-18-4-2-5-21(16-18)30-35(33,34)22-10-8-20(9-11-22)29-26(32)19-12-14-31(15-13-19)17-23-24(27)6-3-7-25(23)28/h2-11,16,19,30H,12-15,17H2,1H3,(H,29,32). The fourth-order valence-corrected chi connectivity index (χ4v) is 5.42. The minimum Gasteiger partial charge on any atom is -0.326 e. The summed E-state index contributed by atoms with van der Waals surface area (Å²) in [6.45, 7) is 3.61. The number of aryl methyl sites for hydroxylation is 1. The first kappa shape index (κ1) is 25.2. The van der Waals surface area contributed by atoms with Gasteiger partial charge < -0.3 is 5.32 Å². The quantitative estimate of drug-likeness (QED) is 0.439. The lowest BCUT2D eigenvalue weighted by molar-refractivity contribution is -0.121. The van der Waals surface area contributed by atoms with E-state index >= 15 is 0 Å². The van der Waals surface area contributed by atoms with E-state index in [0.717, 1.165) is 5.56 Å². The molecule has 1 heterocycles. The maximum Gasteiger partial charge on any atom is 0.261 e. The van der Waals surface area contributed by atoms with Gasteiger partial charge in [-0.1, -0.05) is 29.8 Å². The normalized spacial score (nSPS) is 15.1. The smallest absolute Gasteiger partial charge is 0.261 e. The van der Waals surface area contributed by atoms with Gasteiger partial charge in [-0.2, -0.15) is 0 Å². The second-order valence-corrected chi connectivity index (χ2v) is 10.8. The van der Waals surface area contributed by atoms with Crippen molar-refractivity contribution in [3.63, 3.8) is 0 Å². The summed E-state index contributed by atoms with van der Waals surface area (Å²) in [4.78, 5) is 15.0. The van der Waals surface area contributed by atoms with Gasteiger partial charge in [0, 0.05) is 34.4 Å². The van der Waals surface area contributed by atoms with Crippen molar-refractivity contribution in [1.29, 1.82) is 0 Å². The molecule has 0 atom stereocenters. The number of rotatable bonds is 7. The van der Waals surface area contributed by atoms with E-state index in [0.29, 0.717) is 54.4 Å². The van der Waals surface area contributed by atoms with E-state index in [9.17, 15) is 17.6 Å². The first-order valence-corrected chi connectivity index (χ1v) is 13.2. The molecule has 0 saturated carbocycles. The molecule has 9 heteroatoms. The number of benzene rings is 3. The van der Waals surface area contributed by atoms with E-state index in [4.69, 9.17) is 11.6 Å². The largest absolute Gasteiger partial charge is 0.326 e. The third-order valence-corrected chi connectivity index (χ3v) is 7.86. The molecule has 1 amide bonds. The number of sulfonamides is 1. The molecule has 0 bridgehead atoms. The number of nitrogens with zero attached hydrogens (tertiary/aromatic N) is 1. The topological polar surface area (TPSA) is 78.5 Å². The fourth-order valence-electron chi connectivity index (χ4n) is 4.14. The minimum atomic E-state index is -3.74. The maximum absolute atomic E-state index is 14.1. The minimum absolute atomic E-state index is 0.108. The Hall–Kier alpha value is -2.94. The first-order chi connectivity index (χ1) is 16.7. The molecule has 2 N–H and O–H groups in total. The highest BCUT2D eigenvalue weighted by Crippen LogP contribution is 2.25. The van der Waals surface area contributed by atoms with Crippen LogP contribution in [-0.4, -0.2) is 32.3 Å². The summed E-state index contributed by atoms with van der Waals surface area (Å²) in [5.74, 6) is -0.604. The van der Waals surface area contributed by atoms with Crippen molar-refractivity contribution in [2.24, 2.45) is 5.92 Å². The van der Waals surface area contributed by atoms with Crippen LogP contribution in [0.3, 0.4) is 0 Å². The van der Waals surface area contributed by atoms with Crippen molar-refractivity contribution in [1.82, 2.24) is 4.90 Å². The van der Waals surface area contributed by atoms with Crippen LogP contribution in [0.1, 0.15) is 24.0 Å². The third kappa shape index (κ3) is 6.39. The van der Waals surface area contributed by atoms with Gasteiger partial charge in [0.1, 0.15) is 5.82 Å². The third-order valence-electron chi connectivity index (χ3n) is 6.10. The second-order valence-electron chi connectivity index (χ2n) is 8.74. The molecule has 4 rings (SSSR count). The van der Waals surface area contributed by atoms with Gasteiger partial charge in [-0.15, -0.1) is 0 Å². The van der Waals surface area contributed by atoms with Gasteiger partial charge in [-0.05, 0) is 86.9 Å². The number of piperidine rings is 1. The lowest BCUT2D eigenvalue weighted by atomic mass is 9.95. The Morgan fingerprint density at radius 2 is 1.71 bits per heavy atom. The summed E-state index contributed by atoms with van der Waals surface area (Å²) in [6.07, 6.45) is 1.29. The molecule has 3 aromatic rings. The number of nitrogens with one attached hydrogen (secondary N) is 2. The molecule has 1 aliphatic rings. The van der Waals surface area contributed by atoms with Crippen LogP contribution in [0, 0.1) is 18.7 Å². The van der Waals surface area contributed by atoms with Crippen LogP contribution >= 0.6 is 11.6 Å². The molecule has 1 aliphatic heterocycles. The van der Waals surface area contributed by atoms with Crippen LogP contribution in [0.2, 0.25) is 5.02 Å². The average molecular weight is 516 g/mol. The molecular formula is C26H27ClFN3O3S. The molecule has 0 aromatic heterocycles. The van der Waals surface area contributed by atoms with E-state index < -0.39 is 10.0 Å². The molecule has 184 valence electrons. The number of anilines is 2. The molecule has 1 fully saturated rings. The van der Waals surface area contributed by atoms with Crippen molar-refractivity contribution in [3.8, 4) is 0 Å². The second kappa shape index (κ2) is 10.8. The van der Waals surface area contributed by atoms with Gasteiger partial charge in [-0.3, -0.25) is 14.4 Å². The van der Waals surface area contributed by atoms with Crippen molar-refractivity contribution < 1.29 is 17.6 Å². The summed E-state index contributed by atoms with van der Waals surface area (Å²) >= 11 is 6.13. The molecule has 35 heavy (non-hydrogen) atoms. The molecule has 6 nitrogen and oxygen atoms in total. The molecule has 0 unspecified atom stereocenters. The van der Waals surface area contributed by atoms with Crippen molar-refractivity contribution in [2.45, 2.75) is 31.2 Å². The number of hydrogen-bond acceptors (Lipinski definition) is 4. The Morgan fingerprint density at radius 1 is 1.03 bits per heavy atom. The van der Waals surface area contributed by atoms with E-state index in [2.05, 4.69) is 14.9 Å². The van der Waals surface area contributed by atoms with Gasteiger partial charge in [0.05, 0.1) is 4.90 Å². The predicted molar refractivity (Wildman–Crippen MR) is 136 cm³/mol. The Balaban J connectivity index is 1.31. The zero-order valence-corrected chi connectivity index (χ0v) is 20.9. The molecule has 0 aliphatic carbocycles. The Morgan fingerprint density at radius 3 is 2.37 bits per heavy atom. The number of carbonyl (C=O) groups excluding carboxylic acids is 1. The van der Waals surface area contributed by atoms with Gasteiger partial charge >= 0.3 is 0 Å².